The van der Waals surface area contributed by atoms with Gasteiger partial charge >= 0.3 is 6.36 Å². The van der Waals surface area contributed by atoms with Gasteiger partial charge in [0.1, 0.15) is 12.1 Å². The van der Waals surface area contributed by atoms with E-state index in [1.807, 2.05) is 48.5 Å². The highest BCUT2D eigenvalue weighted by molar-refractivity contribution is 8.15. The molecule has 1 aliphatic rings. The molecule has 210 valence electrons. The lowest BCUT2D eigenvalue weighted by molar-refractivity contribution is -0.274. The van der Waals surface area contributed by atoms with Gasteiger partial charge in [-0.1, -0.05) is 75.0 Å². The Morgan fingerprint density at radius 1 is 0.976 bits per heavy atom. The van der Waals surface area contributed by atoms with E-state index >= 15 is 0 Å². The van der Waals surface area contributed by atoms with Gasteiger partial charge in [0.2, 0.25) is 5.91 Å². The number of rotatable bonds is 6. The van der Waals surface area contributed by atoms with E-state index in [4.69, 9.17) is 0 Å². The first-order valence-corrected chi connectivity index (χ1v) is 13.5. The Labute approximate surface area is 238 Å². The molecule has 5 rings (SSSR count). The number of halogens is 3. The third-order valence-corrected chi connectivity index (χ3v) is 6.98. The van der Waals surface area contributed by atoms with Crippen LogP contribution in [0.15, 0.2) is 89.3 Å². The molecule has 0 spiro atoms. The molecule has 0 atom stereocenters. The lowest BCUT2D eigenvalue weighted by Gasteiger charge is -2.26. The average molecular weight is 579 g/mol. The first-order valence-electron chi connectivity index (χ1n) is 12.5. The smallest absolute Gasteiger partial charge is 0.406 e. The first-order chi connectivity index (χ1) is 19.5. The van der Waals surface area contributed by atoms with Crippen molar-refractivity contribution in [1.82, 2.24) is 14.8 Å². The molecule has 1 aromatic heterocycles. The zero-order valence-corrected chi connectivity index (χ0v) is 23.1. The summed E-state index contributed by atoms with van der Waals surface area (Å²) in [5, 5.41) is 13.5. The highest BCUT2D eigenvalue weighted by Crippen LogP contribution is 2.36. The quantitative estimate of drug-likeness (QED) is 0.190. The zero-order chi connectivity index (χ0) is 29.2. The highest BCUT2D eigenvalue weighted by atomic mass is 32.2. The van der Waals surface area contributed by atoms with E-state index in [1.54, 1.807) is 11.1 Å². The number of thioether (sulfide) groups is 1. The molecular weight excluding hydrogens is 553 g/mol. The third kappa shape index (κ3) is 6.65. The number of aromatic nitrogens is 3. The van der Waals surface area contributed by atoms with Crippen molar-refractivity contribution >= 4 is 34.7 Å². The van der Waals surface area contributed by atoms with Gasteiger partial charge in [-0.05, 0) is 46.9 Å². The van der Waals surface area contributed by atoms with Crippen LogP contribution in [-0.2, 0) is 10.2 Å². The standard InChI is InChI=1S/C29H25F3N6O2S/c1-28(2,3)23-6-4-5-7-24(23)38-25(39)17-41-27(38)35-34-16-19-8-10-20(11-9-19)26-33-18-37(36-26)21-12-14-22(15-13-21)40-29(30,31)32/h4-16,18H,17H2,1-3H3. The van der Waals surface area contributed by atoms with Crippen LogP contribution in [-0.4, -0.2) is 44.2 Å². The fraction of sp³-hybridized carbons (Fsp3) is 0.207. The van der Waals surface area contributed by atoms with E-state index < -0.39 is 6.36 Å². The molecule has 0 unspecified atom stereocenters. The van der Waals surface area contributed by atoms with Crippen LogP contribution in [0.1, 0.15) is 31.9 Å². The van der Waals surface area contributed by atoms with Crippen molar-refractivity contribution in [3.63, 3.8) is 0 Å². The molecule has 0 aliphatic carbocycles. The molecular formula is C29H25F3N6O2S. The van der Waals surface area contributed by atoms with Crippen LogP contribution in [0, 0.1) is 0 Å². The number of amidine groups is 1. The Bertz CT molecular complexity index is 1610. The van der Waals surface area contributed by atoms with Crippen LogP contribution < -0.4 is 9.64 Å². The molecule has 0 N–H and O–H groups in total. The number of hydrogen-bond acceptors (Lipinski definition) is 7. The van der Waals surface area contributed by atoms with Crippen LogP contribution in [0.2, 0.25) is 0 Å². The van der Waals surface area contributed by atoms with Crippen molar-refractivity contribution in [3.8, 4) is 22.8 Å². The van der Waals surface area contributed by atoms with Gasteiger partial charge in [0, 0.05) is 5.56 Å². The van der Waals surface area contributed by atoms with E-state index in [0.717, 1.165) is 22.4 Å². The summed E-state index contributed by atoms with van der Waals surface area (Å²) < 4.78 is 42.5. The minimum atomic E-state index is -4.75. The second-order valence-electron chi connectivity index (χ2n) is 10.1. The van der Waals surface area contributed by atoms with Gasteiger partial charge in [-0.25, -0.2) is 9.67 Å². The lowest BCUT2D eigenvalue weighted by atomic mass is 9.85. The number of amides is 1. The van der Waals surface area contributed by atoms with Gasteiger partial charge in [0.05, 0.1) is 23.3 Å². The number of benzene rings is 3. The lowest BCUT2D eigenvalue weighted by Crippen LogP contribution is -2.31. The van der Waals surface area contributed by atoms with Crippen molar-refractivity contribution in [1.29, 1.82) is 0 Å². The Morgan fingerprint density at radius 3 is 2.37 bits per heavy atom. The Kier molecular flexibility index (Phi) is 7.68. The van der Waals surface area contributed by atoms with Crippen molar-refractivity contribution in [2.45, 2.75) is 32.5 Å². The molecule has 1 saturated heterocycles. The summed E-state index contributed by atoms with van der Waals surface area (Å²) in [6.45, 7) is 6.31. The molecule has 3 aromatic carbocycles. The topological polar surface area (TPSA) is 85.0 Å². The number of para-hydroxylation sites is 1. The predicted molar refractivity (Wildman–Crippen MR) is 154 cm³/mol. The maximum Gasteiger partial charge on any atom is 0.573 e. The van der Waals surface area contributed by atoms with Gasteiger partial charge in [-0.15, -0.1) is 23.4 Å². The van der Waals surface area contributed by atoms with Crippen LogP contribution in [0.5, 0.6) is 5.75 Å². The highest BCUT2D eigenvalue weighted by Gasteiger charge is 2.33. The number of alkyl halides is 3. The number of nitrogens with zero attached hydrogens (tertiary/aromatic N) is 6. The number of anilines is 1. The van der Waals surface area contributed by atoms with Crippen molar-refractivity contribution in [3.05, 3.63) is 90.3 Å². The molecule has 8 nitrogen and oxygen atoms in total. The normalized spacial score (nSPS) is 15.3. The fourth-order valence-corrected chi connectivity index (χ4v) is 4.98. The van der Waals surface area contributed by atoms with Gasteiger partial charge in [0.25, 0.3) is 0 Å². The minimum absolute atomic E-state index is 0.0393. The monoisotopic (exact) mass is 578 g/mol. The first kappa shape index (κ1) is 28.1. The van der Waals surface area contributed by atoms with Gasteiger partial charge in [0.15, 0.2) is 11.0 Å². The Morgan fingerprint density at radius 2 is 1.68 bits per heavy atom. The van der Waals surface area contributed by atoms with Crippen LogP contribution >= 0.6 is 11.8 Å². The van der Waals surface area contributed by atoms with Crippen LogP contribution in [0.3, 0.4) is 0 Å². The third-order valence-electron chi connectivity index (χ3n) is 6.06. The Hall–Kier alpha value is -4.45. The van der Waals surface area contributed by atoms with Gasteiger partial charge in [-0.2, -0.15) is 5.10 Å². The SMILES string of the molecule is CC(C)(C)c1ccccc1N1C(=O)CSC1=NN=Cc1ccc(-c2ncn(-c3ccc(OC(F)(F)F)cc3)n2)cc1. The number of hydrogen-bond donors (Lipinski definition) is 0. The maximum atomic E-state index is 12.7. The fourth-order valence-electron chi connectivity index (χ4n) is 4.16. The summed E-state index contributed by atoms with van der Waals surface area (Å²) in [5.74, 6) is 0.387. The van der Waals surface area contributed by atoms with E-state index in [9.17, 15) is 18.0 Å². The van der Waals surface area contributed by atoms with Crippen molar-refractivity contribution < 1.29 is 22.7 Å². The van der Waals surface area contributed by atoms with Crippen molar-refractivity contribution in [2.75, 3.05) is 10.7 Å². The van der Waals surface area contributed by atoms with Gasteiger partial charge < -0.3 is 4.74 Å². The van der Waals surface area contributed by atoms with E-state index in [2.05, 4.69) is 45.8 Å². The van der Waals surface area contributed by atoms with Crippen LogP contribution in [0.25, 0.3) is 17.1 Å². The maximum absolute atomic E-state index is 12.7. The molecule has 1 fully saturated rings. The van der Waals surface area contributed by atoms with E-state index in [1.165, 1.54) is 47.0 Å². The predicted octanol–water partition coefficient (Wildman–Crippen LogP) is 6.60. The van der Waals surface area contributed by atoms with Crippen LogP contribution in [0.4, 0.5) is 18.9 Å². The molecule has 4 aromatic rings. The summed E-state index contributed by atoms with van der Waals surface area (Å²) in [7, 11) is 0. The summed E-state index contributed by atoms with van der Waals surface area (Å²) >= 11 is 1.35. The summed E-state index contributed by atoms with van der Waals surface area (Å²) in [4.78, 5) is 18.7. The van der Waals surface area contributed by atoms with E-state index in [-0.39, 0.29) is 17.1 Å². The molecule has 0 radical (unpaired) electrons. The number of carbonyl (C=O) groups excluding carboxylic acids is 1. The molecule has 12 heteroatoms. The van der Waals surface area contributed by atoms with Crippen molar-refractivity contribution in [2.24, 2.45) is 10.2 Å². The number of ether oxygens (including phenoxy) is 1. The average Bonchev–Trinajstić information content (AvgIpc) is 3.55. The molecule has 2 heterocycles. The largest absolute Gasteiger partial charge is 0.573 e. The second kappa shape index (κ2) is 11.2. The summed E-state index contributed by atoms with van der Waals surface area (Å²) in [5.41, 5.74) is 3.77. The molecule has 1 amide bonds. The molecule has 1 aliphatic heterocycles. The second-order valence-corrected chi connectivity index (χ2v) is 11.0. The summed E-state index contributed by atoms with van der Waals surface area (Å²) in [6.07, 6.45) is -1.67. The Balaban J connectivity index is 1.28. The molecule has 41 heavy (non-hydrogen) atoms. The molecule has 0 saturated carbocycles. The number of carbonyl (C=O) groups is 1. The molecule has 0 bridgehead atoms. The zero-order valence-electron chi connectivity index (χ0n) is 22.3. The van der Waals surface area contributed by atoms with Gasteiger partial charge in [-0.3, -0.25) is 9.69 Å². The van der Waals surface area contributed by atoms with E-state index in [0.29, 0.717) is 22.4 Å². The summed E-state index contributed by atoms with van der Waals surface area (Å²) in [6, 6.07) is 20.5. The minimum Gasteiger partial charge on any atom is -0.406 e.